The molecule has 148 valence electrons. The minimum absolute atomic E-state index is 0.223. The van der Waals surface area contributed by atoms with E-state index in [1.165, 1.54) is 14.2 Å². The molecule has 0 aromatic rings. The molecule has 0 unspecified atom stereocenters. The van der Waals surface area contributed by atoms with Crippen molar-refractivity contribution in [2.75, 3.05) is 27.4 Å². The van der Waals surface area contributed by atoms with Crippen molar-refractivity contribution >= 4 is 55.7 Å². The van der Waals surface area contributed by atoms with E-state index in [0.717, 1.165) is 0 Å². The number of carbonyl (C=O) groups is 4. The molecule has 10 heteroatoms. The summed E-state index contributed by atoms with van der Waals surface area (Å²) in [6, 6.07) is 0. The lowest BCUT2D eigenvalue weighted by Gasteiger charge is -2.21. The highest BCUT2D eigenvalue weighted by molar-refractivity contribution is 9.14. The molecule has 0 heterocycles. The zero-order chi connectivity index (χ0) is 20.7. The average molecular weight is 502 g/mol. The molecule has 0 aromatic carbocycles. The van der Waals surface area contributed by atoms with Crippen LogP contribution in [0.5, 0.6) is 0 Å². The third-order valence-corrected chi connectivity index (χ3v) is 5.13. The van der Waals surface area contributed by atoms with Gasteiger partial charge in [-0.2, -0.15) is 0 Å². The van der Waals surface area contributed by atoms with Crippen molar-refractivity contribution in [1.29, 1.82) is 0 Å². The van der Waals surface area contributed by atoms with E-state index >= 15 is 0 Å². The van der Waals surface area contributed by atoms with Gasteiger partial charge in [-0.05, 0) is 59.6 Å². The highest BCUT2D eigenvalue weighted by Gasteiger charge is 2.33. The van der Waals surface area contributed by atoms with Crippen molar-refractivity contribution in [3.63, 3.8) is 0 Å². The molecule has 0 atom stereocenters. The van der Waals surface area contributed by atoms with Gasteiger partial charge < -0.3 is 18.9 Å². The van der Waals surface area contributed by atoms with Gasteiger partial charge in [0.2, 0.25) is 0 Å². The maximum absolute atomic E-state index is 12.0. The van der Waals surface area contributed by atoms with Crippen molar-refractivity contribution in [2.24, 2.45) is 10.8 Å². The van der Waals surface area contributed by atoms with Crippen molar-refractivity contribution in [3.8, 4) is 0 Å². The fraction of sp³-hybridized carbons (Fsp3) is 0.625. The SMILES string of the molecule is COC(=O)C(C)(C)COC(=O)/C(Br)=C(\Br)C(=O)OCC(C)(C)C(=O)OC. The Balaban J connectivity index is 4.92. The molecule has 0 rings (SSSR count). The van der Waals surface area contributed by atoms with E-state index < -0.39 is 34.7 Å². The molecular formula is C16H22Br2O8. The molecule has 0 saturated heterocycles. The lowest BCUT2D eigenvalue weighted by molar-refractivity contribution is -0.159. The number of hydrogen-bond acceptors (Lipinski definition) is 8. The van der Waals surface area contributed by atoms with E-state index in [1.54, 1.807) is 27.7 Å². The Morgan fingerprint density at radius 2 is 0.962 bits per heavy atom. The first-order valence-corrected chi connectivity index (χ1v) is 8.95. The van der Waals surface area contributed by atoms with Crippen LogP contribution in [-0.4, -0.2) is 51.3 Å². The maximum Gasteiger partial charge on any atom is 0.346 e. The monoisotopic (exact) mass is 500 g/mol. The van der Waals surface area contributed by atoms with Crippen molar-refractivity contribution in [2.45, 2.75) is 27.7 Å². The van der Waals surface area contributed by atoms with Crippen LogP contribution in [0.1, 0.15) is 27.7 Å². The van der Waals surface area contributed by atoms with Crippen LogP contribution in [0.2, 0.25) is 0 Å². The molecule has 0 amide bonds. The van der Waals surface area contributed by atoms with Gasteiger partial charge in [-0.1, -0.05) is 0 Å². The molecule has 0 bridgehead atoms. The predicted molar refractivity (Wildman–Crippen MR) is 98.4 cm³/mol. The van der Waals surface area contributed by atoms with Crippen LogP contribution in [0.4, 0.5) is 0 Å². The number of hydrogen-bond donors (Lipinski definition) is 0. The summed E-state index contributed by atoms with van der Waals surface area (Å²) in [5.74, 6) is -2.85. The van der Waals surface area contributed by atoms with Crippen LogP contribution < -0.4 is 0 Å². The largest absolute Gasteiger partial charge is 0.469 e. The molecule has 0 aromatic heterocycles. The molecule has 26 heavy (non-hydrogen) atoms. The summed E-state index contributed by atoms with van der Waals surface area (Å²) in [6.07, 6.45) is 0. The predicted octanol–water partition coefficient (Wildman–Crippen LogP) is 2.47. The van der Waals surface area contributed by atoms with Crippen LogP contribution in [0.15, 0.2) is 8.96 Å². The van der Waals surface area contributed by atoms with Crippen molar-refractivity contribution in [3.05, 3.63) is 8.96 Å². The van der Waals surface area contributed by atoms with Gasteiger partial charge in [-0.15, -0.1) is 0 Å². The van der Waals surface area contributed by atoms with E-state index in [1.807, 2.05) is 0 Å². The lowest BCUT2D eigenvalue weighted by atomic mass is 9.95. The summed E-state index contributed by atoms with van der Waals surface area (Å²) in [4.78, 5) is 47.1. The van der Waals surface area contributed by atoms with Gasteiger partial charge in [0.25, 0.3) is 0 Å². The Kier molecular flexibility index (Phi) is 9.50. The van der Waals surface area contributed by atoms with Gasteiger partial charge in [0.1, 0.15) is 22.2 Å². The molecule has 0 aliphatic carbocycles. The summed E-state index contributed by atoms with van der Waals surface area (Å²) in [5.41, 5.74) is -2.09. The number of halogens is 2. The number of ether oxygens (including phenoxy) is 4. The van der Waals surface area contributed by atoms with E-state index in [4.69, 9.17) is 9.47 Å². The van der Waals surface area contributed by atoms with Gasteiger partial charge in [0.15, 0.2) is 0 Å². The molecule has 0 N–H and O–H groups in total. The Hall–Kier alpha value is -1.42. The first-order chi connectivity index (χ1) is 11.8. The number of esters is 4. The molecule has 0 aliphatic rings. The molecule has 0 aliphatic heterocycles. The van der Waals surface area contributed by atoms with E-state index in [0.29, 0.717) is 0 Å². The lowest BCUT2D eigenvalue weighted by Crippen LogP contribution is -2.32. The number of methoxy groups -OCH3 is 2. The van der Waals surface area contributed by atoms with Gasteiger partial charge in [0.05, 0.1) is 25.0 Å². The molecular weight excluding hydrogens is 480 g/mol. The minimum Gasteiger partial charge on any atom is -0.469 e. The molecule has 8 nitrogen and oxygen atoms in total. The molecule has 0 fully saturated rings. The van der Waals surface area contributed by atoms with Crippen LogP contribution in [0.25, 0.3) is 0 Å². The van der Waals surface area contributed by atoms with Gasteiger partial charge in [0, 0.05) is 0 Å². The minimum atomic E-state index is -1.05. The quantitative estimate of drug-likeness (QED) is 0.283. The Bertz CT molecular complexity index is 555. The van der Waals surface area contributed by atoms with Crippen LogP contribution >= 0.6 is 31.9 Å². The second-order valence-electron chi connectivity index (χ2n) is 6.53. The van der Waals surface area contributed by atoms with E-state index in [2.05, 4.69) is 41.3 Å². The van der Waals surface area contributed by atoms with Gasteiger partial charge in [-0.25, -0.2) is 9.59 Å². The van der Waals surface area contributed by atoms with Gasteiger partial charge in [-0.3, -0.25) is 9.59 Å². The van der Waals surface area contributed by atoms with Crippen LogP contribution in [-0.2, 0) is 38.1 Å². The Morgan fingerprint density at radius 1 is 0.692 bits per heavy atom. The smallest absolute Gasteiger partial charge is 0.346 e. The number of rotatable bonds is 8. The third kappa shape index (κ3) is 7.06. The standard InChI is InChI=1S/C16H22Br2O8/c1-15(2,13(21)23-5)7-25-11(19)9(17)10(18)12(20)26-8-16(3,4)14(22)24-6/h7-8H2,1-6H3/b10-9+. The Morgan fingerprint density at radius 3 is 1.19 bits per heavy atom. The molecule has 0 spiro atoms. The highest BCUT2D eigenvalue weighted by atomic mass is 79.9. The first kappa shape index (κ1) is 24.6. The summed E-state index contributed by atoms with van der Waals surface area (Å²) >= 11 is 5.89. The molecule has 0 radical (unpaired) electrons. The topological polar surface area (TPSA) is 105 Å². The third-order valence-electron chi connectivity index (χ3n) is 3.16. The summed E-state index contributed by atoms with van der Waals surface area (Å²) in [6.45, 7) is 5.67. The highest BCUT2D eigenvalue weighted by Crippen LogP contribution is 2.25. The van der Waals surface area contributed by atoms with E-state index in [9.17, 15) is 19.2 Å². The van der Waals surface area contributed by atoms with Crippen LogP contribution in [0, 0.1) is 10.8 Å². The molecule has 0 saturated carbocycles. The van der Waals surface area contributed by atoms with E-state index in [-0.39, 0.29) is 22.2 Å². The fourth-order valence-corrected chi connectivity index (χ4v) is 2.02. The van der Waals surface area contributed by atoms with Gasteiger partial charge >= 0.3 is 23.9 Å². The average Bonchev–Trinajstić information content (AvgIpc) is 2.61. The summed E-state index contributed by atoms with van der Waals surface area (Å²) in [5, 5.41) is 0. The summed E-state index contributed by atoms with van der Waals surface area (Å²) < 4.78 is 18.8. The zero-order valence-electron chi connectivity index (χ0n) is 15.4. The number of carbonyl (C=O) groups excluding carboxylic acids is 4. The van der Waals surface area contributed by atoms with Crippen molar-refractivity contribution < 1.29 is 38.1 Å². The second-order valence-corrected chi connectivity index (χ2v) is 8.12. The Labute approximate surface area is 168 Å². The summed E-state index contributed by atoms with van der Waals surface area (Å²) in [7, 11) is 2.45. The fourth-order valence-electron chi connectivity index (χ4n) is 1.47. The zero-order valence-corrected chi connectivity index (χ0v) is 18.6. The van der Waals surface area contributed by atoms with Crippen LogP contribution in [0.3, 0.4) is 0 Å². The maximum atomic E-state index is 12.0. The first-order valence-electron chi connectivity index (χ1n) is 7.36. The van der Waals surface area contributed by atoms with Crippen molar-refractivity contribution in [1.82, 2.24) is 0 Å². The normalized spacial score (nSPS) is 12.6. The second kappa shape index (κ2) is 10.1.